The van der Waals surface area contributed by atoms with Crippen LogP contribution >= 0.6 is 0 Å². The molecule has 56 valence electrons. The van der Waals surface area contributed by atoms with Crippen molar-refractivity contribution in [2.24, 2.45) is 0 Å². The molecule has 0 saturated heterocycles. The van der Waals surface area contributed by atoms with E-state index in [1.54, 1.807) is 0 Å². The van der Waals surface area contributed by atoms with E-state index in [-0.39, 0.29) is 5.88 Å². The van der Waals surface area contributed by atoms with Crippen LogP contribution in [0.15, 0.2) is 12.1 Å². The summed E-state index contributed by atoms with van der Waals surface area (Å²) in [4.78, 5) is 3.42. The highest BCUT2D eigenvalue weighted by Gasteiger charge is 1.98. The van der Waals surface area contributed by atoms with Crippen molar-refractivity contribution in [3.63, 3.8) is 0 Å². The van der Waals surface area contributed by atoms with E-state index >= 15 is 0 Å². The maximum Gasteiger partial charge on any atom is 0.217 e. The molecule has 0 amide bonds. The van der Waals surface area contributed by atoms with Gasteiger partial charge < -0.3 is 4.74 Å². The van der Waals surface area contributed by atoms with Crippen molar-refractivity contribution < 1.29 is 9.13 Å². The lowest BCUT2D eigenvalue weighted by molar-refractivity contribution is 0.387. The van der Waals surface area contributed by atoms with Gasteiger partial charge >= 0.3 is 0 Å². The van der Waals surface area contributed by atoms with Crippen molar-refractivity contribution in [1.29, 1.82) is 0 Å². The molecular formula is C8H6FNO. The number of terminal acetylenes is 1. The molecule has 1 aromatic rings. The lowest BCUT2D eigenvalue weighted by atomic mass is 10.3. The average Bonchev–Trinajstić information content (AvgIpc) is 2.03. The minimum Gasteiger partial charge on any atom is -0.481 e. The van der Waals surface area contributed by atoms with Crippen LogP contribution in [0.25, 0.3) is 0 Å². The third-order valence-corrected chi connectivity index (χ3v) is 1.15. The minimum atomic E-state index is -0.628. The number of hydrogen-bond acceptors (Lipinski definition) is 2. The van der Waals surface area contributed by atoms with Crippen molar-refractivity contribution in [2.75, 3.05) is 7.11 Å². The number of halogens is 1. The summed E-state index contributed by atoms with van der Waals surface area (Å²) in [5.74, 6) is 1.85. The summed E-state index contributed by atoms with van der Waals surface area (Å²) in [6.45, 7) is 0. The normalized spacial score (nSPS) is 8.82. The van der Waals surface area contributed by atoms with Gasteiger partial charge in [0.05, 0.1) is 7.11 Å². The molecule has 1 aromatic heterocycles. The Kier molecular flexibility index (Phi) is 2.07. The minimum absolute atomic E-state index is 0.193. The van der Waals surface area contributed by atoms with Crippen LogP contribution in [0.5, 0.6) is 5.88 Å². The molecule has 0 aliphatic carbocycles. The first-order chi connectivity index (χ1) is 5.26. The van der Waals surface area contributed by atoms with E-state index < -0.39 is 5.95 Å². The molecule has 0 aliphatic rings. The monoisotopic (exact) mass is 151 g/mol. The van der Waals surface area contributed by atoms with Gasteiger partial charge in [-0.15, -0.1) is 6.42 Å². The van der Waals surface area contributed by atoms with E-state index in [1.807, 2.05) is 0 Å². The van der Waals surface area contributed by atoms with Crippen LogP contribution in [0.2, 0.25) is 0 Å². The number of nitrogens with zero attached hydrogens (tertiary/aromatic N) is 1. The molecule has 0 spiro atoms. The second kappa shape index (κ2) is 3.02. The summed E-state index contributed by atoms with van der Waals surface area (Å²) in [7, 11) is 1.40. The predicted octanol–water partition coefficient (Wildman–Crippen LogP) is 1.21. The van der Waals surface area contributed by atoms with Crippen molar-refractivity contribution in [3.8, 4) is 18.2 Å². The van der Waals surface area contributed by atoms with Gasteiger partial charge in [0.2, 0.25) is 11.8 Å². The van der Waals surface area contributed by atoms with Gasteiger partial charge in [-0.1, -0.05) is 5.92 Å². The first-order valence-electron chi connectivity index (χ1n) is 2.94. The zero-order valence-corrected chi connectivity index (χ0v) is 5.97. The summed E-state index contributed by atoms with van der Waals surface area (Å²) < 4.78 is 17.2. The lowest BCUT2D eigenvalue weighted by Gasteiger charge is -1.97. The number of ether oxygens (including phenoxy) is 1. The second-order valence-electron chi connectivity index (χ2n) is 1.87. The Morgan fingerprint density at radius 2 is 2.36 bits per heavy atom. The van der Waals surface area contributed by atoms with Gasteiger partial charge in [0.25, 0.3) is 0 Å². The molecule has 0 radical (unpaired) electrons. The molecule has 0 N–H and O–H groups in total. The number of hydrogen-bond donors (Lipinski definition) is 0. The highest BCUT2D eigenvalue weighted by atomic mass is 19.1. The Balaban J connectivity index is 3.15. The number of pyridine rings is 1. The van der Waals surface area contributed by atoms with Crippen LogP contribution in [0, 0.1) is 18.3 Å². The molecule has 1 rings (SSSR count). The SMILES string of the molecule is C#Cc1cc(F)nc(OC)c1. The molecule has 0 unspecified atom stereocenters. The maximum atomic E-state index is 12.5. The topological polar surface area (TPSA) is 22.1 Å². The zero-order chi connectivity index (χ0) is 8.27. The quantitative estimate of drug-likeness (QED) is 0.444. The fraction of sp³-hybridized carbons (Fsp3) is 0.125. The molecule has 2 nitrogen and oxygen atoms in total. The molecule has 0 aromatic carbocycles. The Bertz CT molecular complexity index is 303. The van der Waals surface area contributed by atoms with Gasteiger partial charge in [0.15, 0.2) is 0 Å². The first kappa shape index (κ1) is 7.55. The van der Waals surface area contributed by atoms with Crippen LogP contribution in [0.4, 0.5) is 4.39 Å². The highest BCUT2D eigenvalue weighted by molar-refractivity contribution is 5.34. The fourth-order valence-electron chi connectivity index (χ4n) is 0.661. The number of rotatable bonds is 1. The van der Waals surface area contributed by atoms with Crippen molar-refractivity contribution >= 4 is 0 Å². The van der Waals surface area contributed by atoms with Gasteiger partial charge in [-0.2, -0.15) is 9.37 Å². The molecule has 0 saturated carbocycles. The largest absolute Gasteiger partial charge is 0.481 e. The second-order valence-corrected chi connectivity index (χ2v) is 1.87. The van der Waals surface area contributed by atoms with E-state index in [1.165, 1.54) is 19.2 Å². The number of aromatic nitrogens is 1. The Morgan fingerprint density at radius 3 is 2.91 bits per heavy atom. The van der Waals surface area contributed by atoms with E-state index in [9.17, 15) is 4.39 Å². The Hall–Kier alpha value is -1.56. The summed E-state index contributed by atoms with van der Waals surface area (Å²) in [6.07, 6.45) is 5.04. The molecule has 0 atom stereocenters. The van der Waals surface area contributed by atoms with Crippen LogP contribution < -0.4 is 4.74 Å². The van der Waals surface area contributed by atoms with Crippen molar-refractivity contribution in [1.82, 2.24) is 4.98 Å². The molecule has 11 heavy (non-hydrogen) atoms. The zero-order valence-electron chi connectivity index (χ0n) is 5.97. The average molecular weight is 151 g/mol. The standard InChI is InChI=1S/C8H6FNO/c1-3-6-4-7(9)10-8(5-6)11-2/h1,4-5H,2H3. The summed E-state index contributed by atoms with van der Waals surface area (Å²) in [5.41, 5.74) is 0.425. The van der Waals surface area contributed by atoms with Crippen molar-refractivity contribution in [2.45, 2.75) is 0 Å². The van der Waals surface area contributed by atoms with Gasteiger partial charge in [-0.25, -0.2) is 0 Å². The van der Waals surface area contributed by atoms with Crippen LogP contribution in [-0.2, 0) is 0 Å². The van der Waals surface area contributed by atoms with Crippen LogP contribution in [-0.4, -0.2) is 12.1 Å². The van der Waals surface area contributed by atoms with E-state index in [2.05, 4.69) is 10.9 Å². The molecule has 0 bridgehead atoms. The molecule has 0 aliphatic heterocycles. The van der Waals surface area contributed by atoms with E-state index in [0.29, 0.717) is 5.56 Å². The summed E-state index contributed by atoms with van der Waals surface area (Å²) >= 11 is 0. The van der Waals surface area contributed by atoms with Crippen LogP contribution in [0.1, 0.15) is 5.56 Å². The van der Waals surface area contributed by atoms with Crippen LogP contribution in [0.3, 0.4) is 0 Å². The Morgan fingerprint density at radius 1 is 1.64 bits per heavy atom. The van der Waals surface area contributed by atoms with Gasteiger partial charge in [-0.05, 0) is 0 Å². The maximum absolute atomic E-state index is 12.5. The third kappa shape index (κ3) is 1.68. The van der Waals surface area contributed by atoms with Crippen molar-refractivity contribution in [3.05, 3.63) is 23.6 Å². The Labute approximate surface area is 64.0 Å². The summed E-state index contributed by atoms with van der Waals surface area (Å²) in [6, 6.07) is 2.66. The van der Waals surface area contributed by atoms with Gasteiger partial charge in [0, 0.05) is 17.7 Å². The lowest BCUT2D eigenvalue weighted by Crippen LogP contribution is -1.91. The highest BCUT2D eigenvalue weighted by Crippen LogP contribution is 2.09. The van der Waals surface area contributed by atoms with E-state index in [4.69, 9.17) is 11.2 Å². The van der Waals surface area contributed by atoms with Gasteiger partial charge in [-0.3, -0.25) is 0 Å². The smallest absolute Gasteiger partial charge is 0.217 e. The van der Waals surface area contributed by atoms with Gasteiger partial charge in [0.1, 0.15) is 0 Å². The third-order valence-electron chi connectivity index (χ3n) is 1.15. The summed E-state index contributed by atoms with van der Waals surface area (Å²) in [5, 5.41) is 0. The van der Waals surface area contributed by atoms with E-state index in [0.717, 1.165) is 0 Å². The molecule has 3 heteroatoms. The molecular weight excluding hydrogens is 145 g/mol. The fourth-order valence-corrected chi connectivity index (χ4v) is 0.661. The number of methoxy groups -OCH3 is 1. The molecule has 1 heterocycles. The molecule has 0 fully saturated rings. The predicted molar refractivity (Wildman–Crippen MR) is 38.7 cm³/mol. The first-order valence-corrected chi connectivity index (χ1v) is 2.94.